The van der Waals surface area contributed by atoms with Crippen LogP contribution in [0.1, 0.15) is 12.1 Å². The molecule has 1 saturated heterocycles. The summed E-state index contributed by atoms with van der Waals surface area (Å²) in [5, 5.41) is 10.7. The second-order valence-electron chi connectivity index (χ2n) is 3.86. The Morgan fingerprint density at radius 1 is 1.57 bits per heavy atom. The van der Waals surface area contributed by atoms with Gasteiger partial charge in [0.25, 0.3) is 0 Å². The molecule has 1 aromatic heterocycles. The standard InChI is InChI=1S/C10H13ClN2O/c1-13-6-5-10(14,7-13)8-3-2-4-9(11)12-8/h2-4,14H,5-7H2,1H3/t10-/m1/s1. The van der Waals surface area contributed by atoms with Crippen molar-refractivity contribution < 1.29 is 5.11 Å². The molecule has 0 aromatic carbocycles. The molecular formula is C10H13ClN2O. The summed E-state index contributed by atoms with van der Waals surface area (Å²) in [6.07, 6.45) is 0.719. The summed E-state index contributed by atoms with van der Waals surface area (Å²) >= 11 is 5.79. The van der Waals surface area contributed by atoms with Crippen molar-refractivity contribution in [1.29, 1.82) is 0 Å². The molecule has 2 rings (SSSR count). The molecule has 14 heavy (non-hydrogen) atoms. The Kier molecular flexibility index (Phi) is 2.47. The van der Waals surface area contributed by atoms with Crippen molar-refractivity contribution in [2.24, 2.45) is 0 Å². The smallest absolute Gasteiger partial charge is 0.129 e. The SMILES string of the molecule is CN1CC[C@](O)(c2cccc(Cl)n2)C1. The summed E-state index contributed by atoms with van der Waals surface area (Å²) in [4.78, 5) is 6.24. The van der Waals surface area contributed by atoms with E-state index in [9.17, 15) is 5.11 Å². The van der Waals surface area contributed by atoms with Gasteiger partial charge in [0.15, 0.2) is 0 Å². The highest BCUT2D eigenvalue weighted by Crippen LogP contribution is 2.30. The second kappa shape index (κ2) is 3.50. The topological polar surface area (TPSA) is 36.4 Å². The zero-order valence-electron chi connectivity index (χ0n) is 8.07. The van der Waals surface area contributed by atoms with Gasteiger partial charge in [0.05, 0.1) is 5.69 Å². The lowest BCUT2D eigenvalue weighted by molar-refractivity contribution is 0.0445. The van der Waals surface area contributed by atoms with Crippen LogP contribution in [0.15, 0.2) is 18.2 Å². The summed E-state index contributed by atoms with van der Waals surface area (Å²) < 4.78 is 0. The van der Waals surface area contributed by atoms with Crippen LogP contribution < -0.4 is 0 Å². The van der Waals surface area contributed by atoms with Crippen LogP contribution in [-0.2, 0) is 5.60 Å². The number of halogens is 1. The minimum atomic E-state index is -0.820. The number of hydrogen-bond donors (Lipinski definition) is 1. The Morgan fingerprint density at radius 3 is 2.93 bits per heavy atom. The molecule has 1 atom stereocenters. The minimum Gasteiger partial charge on any atom is -0.382 e. The van der Waals surface area contributed by atoms with E-state index in [0.717, 1.165) is 13.0 Å². The van der Waals surface area contributed by atoms with E-state index in [1.165, 1.54) is 0 Å². The largest absolute Gasteiger partial charge is 0.382 e. The maximum absolute atomic E-state index is 10.3. The number of likely N-dealkylation sites (N-methyl/N-ethyl adjacent to an activating group) is 1. The van der Waals surface area contributed by atoms with E-state index in [1.807, 2.05) is 19.2 Å². The van der Waals surface area contributed by atoms with E-state index in [4.69, 9.17) is 11.6 Å². The van der Waals surface area contributed by atoms with Crippen LogP contribution in [0.2, 0.25) is 5.15 Å². The normalized spacial score (nSPS) is 28.2. The van der Waals surface area contributed by atoms with E-state index >= 15 is 0 Å². The summed E-state index contributed by atoms with van der Waals surface area (Å²) in [7, 11) is 1.99. The van der Waals surface area contributed by atoms with Crippen LogP contribution in [-0.4, -0.2) is 35.1 Å². The third-order valence-corrected chi connectivity index (χ3v) is 2.84. The van der Waals surface area contributed by atoms with Crippen molar-refractivity contribution in [1.82, 2.24) is 9.88 Å². The summed E-state index contributed by atoms with van der Waals surface area (Å²) in [6.45, 7) is 1.52. The Bertz CT molecular complexity index is 345. The predicted molar refractivity (Wildman–Crippen MR) is 55.3 cm³/mol. The maximum Gasteiger partial charge on any atom is 0.129 e. The Balaban J connectivity index is 2.30. The van der Waals surface area contributed by atoms with Gasteiger partial charge in [-0.2, -0.15) is 0 Å². The van der Waals surface area contributed by atoms with Crippen molar-refractivity contribution in [2.45, 2.75) is 12.0 Å². The molecule has 4 heteroatoms. The van der Waals surface area contributed by atoms with Gasteiger partial charge in [-0.3, -0.25) is 0 Å². The van der Waals surface area contributed by atoms with Gasteiger partial charge in [0.1, 0.15) is 10.8 Å². The number of aromatic nitrogens is 1. The highest BCUT2D eigenvalue weighted by atomic mass is 35.5. The molecule has 0 saturated carbocycles. The summed E-state index contributed by atoms with van der Waals surface area (Å²) in [5.41, 5.74) is -0.144. The van der Waals surface area contributed by atoms with Gasteiger partial charge in [-0.1, -0.05) is 17.7 Å². The molecule has 0 amide bonds. The van der Waals surface area contributed by atoms with Crippen molar-refractivity contribution in [3.63, 3.8) is 0 Å². The number of pyridine rings is 1. The zero-order valence-corrected chi connectivity index (χ0v) is 8.83. The van der Waals surface area contributed by atoms with Crippen molar-refractivity contribution in [3.05, 3.63) is 29.0 Å². The zero-order chi connectivity index (χ0) is 10.2. The van der Waals surface area contributed by atoms with E-state index in [0.29, 0.717) is 17.4 Å². The van der Waals surface area contributed by atoms with Crippen LogP contribution in [0.4, 0.5) is 0 Å². The molecule has 1 aliphatic heterocycles. The van der Waals surface area contributed by atoms with E-state index < -0.39 is 5.60 Å². The van der Waals surface area contributed by atoms with Crippen molar-refractivity contribution in [2.75, 3.05) is 20.1 Å². The summed E-state index contributed by atoms with van der Waals surface area (Å²) in [5.74, 6) is 0. The molecular weight excluding hydrogens is 200 g/mol. The predicted octanol–water partition coefficient (Wildman–Crippen LogP) is 1.26. The lowest BCUT2D eigenvalue weighted by atomic mass is 9.98. The average molecular weight is 213 g/mol. The molecule has 1 fully saturated rings. The van der Waals surface area contributed by atoms with Crippen molar-refractivity contribution >= 4 is 11.6 Å². The van der Waals surface area contributed by atoms with Crippen LogP contribution in [0.5, 0.6) is 0 Å². The molecule has 1 aliphatic rings. The molecule has 1 aromatic rings. The fourth-order valence-corrected chi connectivity index (χ4v) is 2.02. The van der Waals surface area contributed by atoms with Gasteiger partial charge in [0.2, 0.25) is 0 Å². The molecule has 3 nitrogen and oxygen atoms in total. The monoisotopic (exact) mass is 212 g/mol. The highest BCUT2D eigenvalue weighted by Gasteiger charge is 2.37. The number of hydrogen-bond acceptors (Lipinski definition) is 3. The fraction of sp³-hybridized carbons (Fsp3) is 0.500. The lowest BCUT2D eigenvalue weighted by Gasteiger charge is -2.21. The van der Waals surface area contributed by atoms with Gasteiger partial charge in [-0.25, -0.2) is 4.98 Å². The third kappa shape index (κ3) is 1.75. The molecule has 0 aliphatic carbocycles. The Labute approximate surface area is 88.3 Å². The van der Waals surface area contributed by atoms with Crippen LogP contribution in [0, 0.1) is 0 Å². The van der Waals surface area contributed by atoms with E-state index in [-0.39, 0.29) is 0 Å². The van der Waals surface area contributed by atoms with Crippen LogP contribution in [0.3, 0.4) is 0 Å². The first kappa shape index (κ1) is 9.90. The molecule has 0 unspecified atom stereocenters. The minimum absolute atomic E-state index is 0.436. The fourth-order valence-electron chi connectivity index (χ4n) is 1.86. The third-order valence-electron chi connectivity index (χ3n) is 2.63. The molecule has 0 bridgehead atoms. The van der Waals surface area contributed by atoms with Crippen molar-refractivity contribution in [3.8, 4) is 0 Å². The lowest BCUT2D eigenvalue weighted by Crippen LogP contribution is -2.30. The first-order chi connectivity index (χ1) is 6.60. The Morgan fingerprint density at radius 2 is 2.36 bits per heavy atom. The van der Waals surface area contributed by atoms with E-state index in [2.05, 4.69) is 9.88 Å². The van der Waals surface area contributed by atoms with Crippen LogP contribution in [0.25, 0.3) is 0 Å². The van der Waals surface area contributed by atoms with Gasteiger partial charge in [0, 0.05) is 13.1 Å². The first-order valence-corrected chi connectivity index (χ1v) is 5.02. The number of rotatable bonds is 1. The molecule has 2 heterocycles. The maximum atomic E-state index is 10.3. The first-order valence-electron chi connectivity index (χ1n) is 4.64. The number of β-amino-alcohol motifs (C(OH)–C–C–N with tert-alkyl or cyclic N) is 1. The summed E-state index contributed by atoms with van der Waals surface area (Å²) in [6, 6.07) is 5.36. The van der Waals surface area contributed by atoms with E-state index in [1.54, 1.807) is 6.07 Å². The number of nitrogens with zero attached hydrogens (tertiary/aromatic N) is 2. The molecule has 0 radical (unpaired) electrons. The molecule has 0 spiro atoms. The molecule has 76 valence electrons. The molecule has 1 N–H and O–H groups in total. The second-order valence-corrected chi connectivity index (χ2v) is 4.25. The quantitative estimate of drug-likeness (QED) is 0.712. The van der Waals surface area contributed by atoms with Gasteiger partial charge in [-0.15, -0.1) is 0 Å². The van der Waals surface area contributed by atoms with Gasteiger partial charge < -0.3 is 10.0 Å². The number of likely N-dealkylation sites (tertiary alicyclic amines) is 1. The Hall–Kier alpha value is -0.640. The average Bonchev–Trinajstić information content (AvgIpc) is 2.48. The van der Waals surface area contributed by atoms with Gasteiger partial charge in [-0.05, 0) is 25.6 Å². The number of aliphatic hydroxyl groups is 1. The van der Waals surface area contributed by atoms with Crippen LogP contribution >= 0.6 is 11.6 Å². The highest BCUT2D eigenvalue weighted by molar-refractivity contribution is 6.29. The van der Waals surface area contributed by atoms with Gasteiger partial charge >= 0.3 is 0 Å².